The average Bonchev–Trinajstić information content (AvgIpc) is 3.34. The van der Waals surface area contributed by atoms with E-state index in [0.29, 0.717) is 17.8 Å². The van der Waals surface area contributed by atoms with E-state index in [1.54, 1.807) is 10.6 Å². The molecule has 0 spiro atoms. The van der Waals surface area contributed by atoms with Crippen LogP contribution in [0.25, 0.3) is 10.2 Å². The van der Waals surface area contributed by atoms with Crippen molar-refractivity contribution in [1.29, 1.82) is 0 Å². The number of thiazole rings is 1. The first kappa shape index (κ1) is 27.0. The number of carbonyl (C=O) groups is 3. The van der Waals surface area contributed by atoms with Crippen LogP contribution < -0.4 is 10.1 Å². The topological polar surface area (TPSA) is 124 Å². The molecule has 0 saturated heterocycles. The van der Waals surface area contributed by atoms with Crippen LogP contribution in [0.2, 0.25) is 0 Å². The Balaban J connectivity index is 1.51. The lowest BCUT2D eigenvalue weighted by molar-refractivity contribution is -0.115. The molecule has 0 radical (unpaired) electrons. The van der Waals surface area contributed by atoms with Crippen LogP contribution in [0.4, 0.5) is 5.00 Å². The molecule has 2 aromatic heterocycles. The first-order valence-electron chi connectivity index (χ1n) is 11.6. The average molecular weight is 562 g/mol. The number of aromatic nitrogens is 1. The van der Waals surface area contributed by atoms with Gasteiger partial charge in [0.15, 0.2) is 14.6 Å². The normalized spacial score (nSPS) is 13.8. The van der Waals surface area contributed by atoms with Gasteiger partial charge in [-0.1, -0.05) is 23.5 Å². The zero-order chi connectivity index (χ0) is 26.7. The second kappa shape index (κ2) is 11.1. The summed E-state index contributed by atoms with van der Waals surface area (Å²) < 4.78 is 32.9. The summed E-state index contributed by atoms with van der Waals surface area (Å²) in [4.78, 5) is 43.0. The van der Waals surface area contributed by atoms with E-state index in [1.165, 1.54) is 29.8 Å². The minimum absolute atomic E-state index is 0.279. The number of fused-ring (bicyclic) bond motifs is 2. The number of nitrogens with one attached hydrogen (secondary N) is 1. The Labute approximate surface area is 222 Å². The number of ether oxygens (including phenoxy) is 1. The molecule has 0 atom stereocenters. The van der Waals surface area contributed by atoms with E-state index in [2.05, 4.69) is 16.9 Å². The van der Waals surface area contributed by atoms with Gasteiger partial charge in [0, 0.05) is 11.4 Å². The molecule has 37 heavy (non-hydrogen) atoms. The molecular weight excluding hydrogens is 534 g/mol. The van der Waals surface area contributed by atoms with E-state index < -0.39 is 39.1 Å². The zero-order valence-corrected chi connectivity index (χ0v) is 23.0. The van der Waals surface area contributed by atoms with E-state index in [-0.39, 0.29) is 10.6 Å². The number of aryl methyl sites for hydroxylation is 2. The van der Waals surface area contributed by atoms with Gasteiger partial charge >= 0.3 is 5.97 Å². The lowest BCUT2D eigenvalue weighted by Gasteiger charge is -2.11. The van der Waals surface area contributed by atoms with Gasteiger partial charge in [0.1, 0.15) is 16.5 Å². The standard InChI is InChI=1S/C25H27N3O6S3/c1-4-11-28-17-10-9-15(2)12-19(17)36-25(28)27-21(30)14-37(32,33)13-20(29)26-23-22(24(31)34-3)16-7-5-6-8-18(16)35-23/h4,9-10,12H,1,5-8,11,13-14H2,2-3H3,(H,26,29). The van der Waals surface area contributed by atoms with Crippen molar-refractivity contribution < 1.29 is 27.5 Å². The first-order valence-corrected chi connectivity index (χ1v) is 15.1. The summed E-state index contributed by atoms with van der Waals surface area (Å²) in [5.74, 6) is -4.08. The van der Waals surface area contributed by atoms with Gasteiger partial charge in [-0.2, -0.15) is 4.99 Å². The molecule has 0 bridgehead atoms. The van der Waals surface area contributed by atoms with Gasteiger partial charge in [0.2, 0.25) is 5.91 Å². The van der Waals surface area contributed by atoms with Crippen molar-refractivity contribution in [2.24, 2.45) is 4.99 Å². The number of esters is 1. The van der Waals surface area contributed by atoms with Gasteiger partial charge in [-0.15, -0.1) is 17.9 Å². The van der Waals surface area contributed by atoms with Crippen molar-refractivity contribution in [2.75, 3.05) is 23.9 Å². The smallest absolute Gasteiger partial charge is 0.341 e. The fraction of sp³-hybridized carbons (Fsp3) is 0.360. The molecule has 12 heteroatoms. The molecule has 2 heterocycles. The second-order valence-electron chi connectivity index (χ2n) is 8.75. The fourth-order valence-electron chi connectivity index (χ4n) is 4.28. The number of benzene rings is 1. The number of sulfone groups is 1. The van der Waals surface area contributed by atoms with Gasteiger partial charge in [0.05, 0.1) is 22.9 Å². The Morgan fingerprint density at radius 2 is 1.95 bits per heavy atom. The van der Waals surface area contributed by atoms with Crippen molar-refractivity contribution in [1.82, 2.24) is 4.57 Å². The van der Waals surface area contributed by atoms with Crippen molar-refractivity contribution in [3.63, 3.8) is 0 Å². The van der Waals surface area contributed by atoms with E-state index in [1.807, 2.05) is 25.1 Å². The highest BCUT2D eigenvalue weighted by Gasteiger charge is 2.28. The van der Waals surface area contributed by atoms with Crippen LogP contribution in [0.3, 0.4) is 0 Å². The number of methoxy groups -OCH3 is 1. The van der Waals surface area contributed by atoms with Crippen LogP contribution in [0.1, 0.15) is 39.2 Å². The summed E-state index contributed by atoms with van der Waals surface area (Å²) in [5, 5.41) is 2.83. The first-order chi connectivity index (χ1) is 17.6. The molecule has 2 amide bonds. The molecule has 3 aromatic rings. The molecule has 4 rings (SSSR count). The number of rotatable bonds is 8. The van der Waals surface area contributed by atoms with Gasteiger partial charge < -0.3 is 14.6 Å². The van der Waals surface area contributed by atoms with E-state index in [4.69, 9.17) is 4.74 Å². The number of allylic oxidation sites excluding steroid dienone is 1. The molecule has 0 fully saturated rings. The maximum atomic E-state index is 12.7. The van der Waals surface area contributed by atoms with Crippen LogP contribution in [-0.2, 0) is 43.5 Å². The highest BCUT2D eigenvalue weighted by molar-refractivity contribution is 7.92. The SMILES string of the molecule is C=CCn1c(=NC(=O)CS(=O)(=O)CC(=O)Nc2sc3c(c2C(=O)OC)CCCC3)sc2cc(C)ccc21. The molecule has 196 valence electrons. The van der Waals surface area contributed by atoms with Gasteiger partial charge in [0.25, 0.3) is 5.91 Å². The molecule has 0 unspecified atom stereocenters. The second-order valence-corrected chi connectivity index (χ2v) is 12.9. The summed E-state index contributed by atoms with van der Waals surface area (Å²) >= 11 is 2.54. The van der Waals surface area contributed by atoms with Crippen LogP contribution >= 0.6 is 22.7 Å². The van der Waals surface area contributed by atoms with E-state index >= 15 is 0 Å². The minimum atomic E-state index is -4.11. The van der Waals surface area contributed by atoms with Crippen molar-refractivity contribution >= 4 is 65.5 Å². The summed E-state index contributed by atoms with van der Waals surface area (Å²) in [6.07, 6.45) is 5.06. The molecular formula is C25H27N3O6S3. The number of hydrogen-bond acceptors (Lipinski definition) is 8. The van der Waals surface area contributed by atoms with Crippen molar-refractivity contribution in [3.8, 4) is 0 Å². The van der Waals surface area contributed by atoms with E-state index in [0.717, 1.165) is 45.5 Å². The number of nitrogens with zero attached hydrogens (tertiary/aromatic N) is 2. The number of hydrogen-bond donors (Lipinski definition) is 1. The summed E-state index contributed by atoms with van der Waals surface area (Å²) in [6, 6.07) is 5.83. The molecule has 1 aliphatic carbocycles. The minimum Gasteiger partial charge on any atom is -0.465 e. The third-order valence-electron chi connectivity index (χ3n) is 5.88. The maximum Gasteiger partial charge on any atom is 0.341 e. The molecule has 9 nitrogen and oxygen atoms in total. The Kier molecular flexibility index (Phi) is 8.10. The maximum absolute atomic E-state index is 12.7. The lowest BCUT2D eigenvalue weighted by atomic mass is 9.95. The Morgan fingerprint density at radius 1 is 1.19 bits per heavy atom. The molecule has 0 saturated carbocycles. The number of carbonyl (C=O) groups excluding carboxylic acids is 3. The van der Waals surface area contributed by atoms with Gasteiger partial charge in [-0.25, -0.2) is 13.2 Å². The monoisotopic (exact) mass is 561 g/mol. The molecule has 1 aliphatic rings. The fourth-order valence-corrected chi connectivity index (χ4v) is 7.75. The third kappa shape index (κ3) is 6.08. The van der Waals surface area contributed by atoms with Gasteiger partial charge in [-0.05, 0) is 55.9 Å². The van der Waals surface area contributed by atoms with Gasteiger partial charge in [-0.3, -0.25) is 9.59 Å². The Hall–Kier alpha value is -3.09. The third-order valence-corrected chi connectivity index (χ3v) is 9.52. The quantitative estimate of drug-likeness (QED) is 0.332. The van der Waals surface area contributed by atoms with E-state index in [9.17, 15) is 22.8 Å². The van der Waals surface area contributed by atoms with Crippen molar-refractivity contribution in [2.45, 2.75) is 39.2 Å². The van der Waals surface area contributed by atoms with Crippen LogP contribution in [0.5, 0.6) is 0 Å². The number of amides is 2. The number of anilines is 1. The predicted octanol–water partition coefficient (Wildman–Crippen LogP) is 3.40. The summed E-state index contributed by atoms with van der Waals surface area (Å²) in [5.41, 5.74) is 3.05. The Morgan fingerprint density at radius 3 is 2.68 bits per heavy atom. The highest BCUT2D eigenvalue weighted by Crippen LogP contribution is 2.38. The highest BCUT2D eigenvalue weighted by atomic mass is 32.2. The summed E-state index contributed by atoms with van der Waals surface area (Å²) in [7, 11) is -2.85. The number of thiophene rings is 1. The molecule has 1 aromatic carbocycles. The summed E-state index contributed by atoms with van der Waals surface area (Å²) in [6.45, 7) is 6.09. The largest absolute Gasteiger partial charge is 0.465 e. The molecule has 0 aliphatic heterocycles. The van der Waals surface area contributed by atoms with Crippen LogP contribution in [0.15, 0.2) is 35.8 Å². The van der Waals surface area contributed by atoms with Crippen LogP contribution in [-0.4, -0.2) is 49.4 Å². The predicted molar refractivity (Wildman–Crippen MR) is 145 cm³/mol. The zero-order valence-electron chi connectivity index (χ0n) is 20.5. The lowest BCUT2D eigenvalue weighted by Crippen LogP contribution is -2.28. The van der Waals surface area contributed by atoms with Crippen LogP contribution in [0, 0.1) is 6.92 Å². The van der Waals surface area contributed by atoms with Crippen molar-refractivity contribution in [3.05, 3.63) is 57.2 Å². The Bertz CT molecular complexity index is 1580. The molecule has 1 N–H and O–H groups in total.